The fraction of sp³-hybridized carbons (Fsp3) is 0.125. The Morgan fingerprint density at radius 1 is 0.909 bits per heavy atom. The second-order valence-electron chi connectivity index (χ2n) is 4.75. The van der Waals surface area contributed by atoms with Gasteiger partial charge in [0.15, 0.2) is 0 Å². The summed E-state index contributed by atoms with van der Waals surface area (Å²) in [5.74, 6) is -0.218. The quantitative estimate of drug-likeness (QED) is 0.617. The van der Waals surface area contributed by atoms with Gasteiger partial charge in [0, 0.05) is 5.56 Å². The average Bonchev–Trinajstić information content (AvgIpc) is 2.53. The van der Waals surface area contributed by atoms with Crippen LogP contribution >= 0.6 is 11.6 Å². The molecule has 22 heavy (non-hydrogen) atoms. The molecule has 1 heterocycles. The predicted molar refractivity (Wildman–Crippen MR) is 79.5 cm³/mol. The SMILES string of the molecule is FC(F)(F)c1cc(-c2ccc3ccccc3c2)nc(CCl)n1. The van der Waals surface area contributed by atoms with Crippen molar-refractivity contribution in [2.24, 2.45) is 0 Å². The number of hydrogen-bond acceptors (Lipinski definition) is 2. The van der Waals surface area contributed by atoms with Crippen LogP contribution in [-0.2, 0) is 12.1 Å². The van der Waals surface area contributed by atoms with Gasteiger partial charge in [-0.1, -0.05) is 36.4 Å². The molecule has 0 aliphatic heterocycles. The third kappa shape index (κ3) is 2.90. The molecule has 0 aliphatic rings. The van der Waals surface area contributed by atoms with Gasteiger partial charge in [0.25, 0.3) is 0 Å². The fourth-order valence-corrected chi connectivity index (χ4v) is 2.32. The Kier molecular flexibility index (Phi) is 3.74. The summed E-state index contributed by atoms with van der Waals surface area (Å²) in [4.78, 5) is 7.54. The number of alkyl halides is 4. The first-order valence-corrected chi connectivity index (χ1v) is 7.01. The topological polar surface area (TPSA) is 25.8 Å². The lowest BCUT2D eigenvalue weighted by molar-refractivity contribution is -0.141. The standard InChI is InChI=1S/C16H10ClF3N2/c17-9-15-21-13(8-14(22-15)16(18,19)20)12-6-5-10-3-1-2-4-11(10)7-12/h1-8H,9H2. The highest BCUT2D eigenvalue weighted by molar-refractivity contribution is 6.16. The van der Waals surface area contributed by atoms with Gasteiger partial charge in [0.2, 0.25) is 0 Å². The van der Waals surface area contributed by atoms with Crippen LogP contribution in [0.2, 0.25) is 0 Å². The minimum Gasteiger partial charge on any atom is -0.232 e. The molecule has 0 amide bonds. The molecule has 0 spiro atoms. The van der Waals surface area contributed by atoms with Crippen LogP contribution in [0, 0.1) is 0 Å². The third-order valence-electron chi connectivity index (χ3n) is 3.23. The van der Waals surface area contributed by atoms with Crippen molar-refractivity contribution in [3.63, 3.8) is 0 Å². The van der Waals surface area contributed by atoms with Crippen LogP contribution in [0.25, 0.3) is 22.0 Å². The Hall–Kier alpha value is -2.14. The minimum absolute atomic E-state index is 0.0420. The van der Waals surface area contributed by atoms with Crippen molar-refractivity contribution in [2.75, 3.05) is 0 Å². The van der Waals surface area contributed by atoms with E-state index < -0.39 is 11.9 Å². The number of aromatic nitrogens is 2. The Bertz CT molecular complexity index is 831. The molecule has 0 fully saturated rings. The zero-order valence-corrected chi connectivity index (χ0v) is 12.0. The van der Waals surface area contributed by atoms with E-state index in [4.69, 9.17) is 11.6 Å². The average molecular weight is 323 g/mol. The largest absolute Gasteiger partial charge is 0.433 e. The molecule has 0 N–H and O–H groups in total. The van der Waals surface area contributed by atoms with E-state index in [-0.39, 0.29) is 17.4 Å². The molecular weight excluding hydrogens is 313 g/mol. The van der Waals surface area contributed by atoms with E-state index in [9.17, 15) is 13.2 Å². The second kappa shape index (κ2) is 5.57. The van der Waals surface area contributed by atoms with Crippen molar-refractivity contribution in [3.05, 3.63) is 60.0 Å². The lowest BCUT2D eigenvalue weighted by Gasteiger charge is -2.10. The van der Waals surface area contributed by atoms with E-state index >= 15 is 0 Å². The van der Waals surface area contributed by atoms with Crippen LogP contribution in [0.4, 0.5) is 13.2 Å². The number of hydrogen-bond donors (Lipinski definition) is 0. The first kappa shape index (κ1) is 14.8. The van der Waals surface area contributed by atoms with Crippen LogP contribution in [0.3, 0.4) is 0 Å². The normalized spacial score (nSPS) is 11.8. The van der Waals surface area contributed by atoms with Crippen LogP contribution < -0.4 is 0 Å². The van der Waals surface area contributed by atoms with Crippen LogP contribution in [0.15, 0.2) is 48.5 Å². The highest BCUT2D eigenvalue weighted by Gasteiger charge is 2.33. The molecule has 0 aliphatic carbocycles. The summed E-state index contributed by atoms with van der Waals surface area (Å²) in [5, 5.41) is 1.94. The first-order chi connectivity index (χ1) is 10.5. The molecule has 3 aromatic rings. The summed E-state index contributed by atoms with van der Waals surface area (Å²) in [6.07, 6.45) is -4.53. The Labute approximate surface area is 129 Å². The number of rotatable bonds is 2. The zero-order valence-electron chi connectivity index (χ0n) is 11.2. The summed E-state index contributed by atoms with van der Waals surface area (Å²) < 4.78 is 38.8. The maximum atomic E-state index is 12.9. The number of halogens is 4. The van der Waals surface area contributed by atoms with E-state index in [1.54, 1.807) is 12.1 Å². The van der Waals surface area contributed by atoms with Crippen LogP contribution in [0.5, 0.6) is 0 Å². The molecule has 2 nitrogen and oxygen atoms in total. The molecule has 2 aromatic carbocycles. The lowest BCUT2D eigenvalue weighted by Crippen LogP contribution is -2.11. The molecule has 0 radical (unpaired) electrons. The minimum atomic E-state index is -4.53. The van der Waals surface area contributed by atoms with E-state index in [1.807, 2.05) is 30.3 Å². The van der Waals surface area contributed by atoms with Gasteiger partial charge in [-0.05, 0) is 22.9 Å². The highest BCUT2D eigenvalue weighted by atomic mass is 35.5. The molecule has 0 atom stereocenters. The van der Waals surface area contributed by atoms with E-state index in [2.05, 4.69) is 9.97 Å². The highest BCUT2D eigenvalue weighted by Crippen LogP contribution is 2.31. The molecule has 3 rings (SSSR count). The fourth-order valence-electron chi connectivity index (χ4n) is 2.20. The van der Waals surface area contributed by atoms with Crippen molar-refractivity contribution < 1.29 is 13.2 Å². The van der Waals surface area contributed by atoms with Crippen molar-refractivity contribution in [1.82, 2.24) is 9.97 Å². The molecule has 1 aromatic heterocycles. The maximum Gasteiger partial charge on any atom is 0.433 e. The molecular formula is C16H10ClF3N2. The van der Waals surface area contributed by atoms with Crippen molar-refractivity contribution in [3.8, 4) is 11.3 Å². The summed E-state index contributed by atoms with van der Waals surface area (Å²) in [6, 6.07) is 13.9. The summed E-state index contributed by atoms with van der Waals surface area (Å²) in [5.41, 5.74) is -0.178. The molecule has 6 heteroatoms. The third-order valence-corrected chi connectivity index (χ3v) is 3.47. The van der Waals surface area contributed by atoms with Crippen LogP contribution in [0.1, 0.15) is 11.5 Å². The van der Waals surface area contributed by atoms with Gasteiger partial charge >= 0.3 is 6.18 Å². The summed E-state index contributed by atoms with van der Waals surface area (Å²) >= 11 is 5.61. The zero-order chi connectivity index (χ0) is 15.7. The maximum absolute atomic E-state index is 12.9. The summed E-state index contributed by atoms with van der Waals surface area (Å²) in [7, 11) is 0. The van der Waals surface area contributed by atoms with Crippen LogP contribution in [-0.4, -0.2) is 9.97 Å². The molecule has 0 saturated carbocycles. The van der Waals surface area contributed by atoms with Crippen molar-refractivity contribution >= 4 is 22.4 Å². The van der Waals surface area contributed by atoms with E-state index in [1.165, 1.54) is 0 Å². The number of nitrogens with zero attached hydrogens (tertiary/aromatic N) is 2. The number of benzene rings is 2. The second-order valence-corrected chi connectivity index (χ2v) is 5.02. The van der Waals surface area contributed by atoms with Gasteiger partial charge in [-0.15, -0.1) is 11.6 Å². The molecule has 0 bridgehead atoms. The van der Waals surface area contributed by atoms with Gasteiger partial charge in [-0.25, -0.2) is 9.97 Å². The lowest BCUT2D eigenvalue weighted by atomic mass is 10.0. The van der Waals surface area contributed by atoms with Crippen molar-refractivity contribution in [2.45, 2.75) is 12.1 Å². The Balaban J connectivity index is 2.16. The van der Waals surface area contributed by atoms with E-state index in [0.717, 1.165) is 16.8 Å². The monoisotopic (exact) mass is 322 g/mol. The van der Waals surface area contributed by atoms with E-state index in [0.29, 0.717) is 5.56 Å². The predicted octanol–water partition coefficient (Wildman–Crippen LogP) is 5.05. The summed E-state index contributed by atoms with van der Waals surface area (Å²) in [6.45, 7) is 0. The molecule has 0 unspecified atom stereocenters. The van der Waals surface area contributed by atoms with Gasteiger partial charge in [0.05, 0.1) is 11.6 Å². The Morgan fingerprint density at radius 3 is 2.32 bits per heavy atom. The number of fused-ring (bicyclic) bond motifs is 1. The van der Waals surface area contributed by atoms with Gasteiger partial charge in [-0.2, -0.15) is 13.2 Å². The Morgan fingerprint density at radius 2 is 1.64 bits per heavy atom. The first-order valence-electron chi connectivity index (χ1n) is 6.47. The smallest absolute Gasteiger partial charge is 0.232 e. The molecule has 0 saturated heterocycles. The van der Waals surface area contributed by atoms with Gasteiger partial charge in [-0.3, -0.25) is 0 Å². The van der Waals surface area contributed by atoms with Gasteiger partial charge in [0.1, 0.15) is 11.5 Å². The molecule has 112 valence electrons. The van der Waals surface area contributed by atoms with Crippen molar-refractivity contribution in [1.29, 1.82) is 0 Å². The van der Waals surface area contributed by atoms with Gasteiger partial charge < -0.3 is 0 Å².